The topological polar surface area (TPSA) is 76.4 Å². The van der Waals surface area contributed by atoms with E-state index < -0.39 is 5.41 Å². The van der Waals surface area contributed by atoms with Crippen molar-refractivity contribution in [1.82, 2.24) is 15.1 Å². The van der Waals surface area contributed by atoms with Crippen molar-refractivity contribution in [3.8, 4) is 6.07 Å². The molecule has 6 nitrogen and oxygen atoms in total. The third-order valence-electron chi connectivity index (χ3n) is 5.73. The molecule has 2 amide bonds. The summed E-state index contributed by atoms with van der Waals surface area (Å²) < 4.78 is 0. The Morgan fingerprint density at radius 1 is 1.27 bits per heavy atom. The van der Waals surface area contributed by atoms with Gasteiger partial charge in [-0.3, -0.25) is 14.5 Å². The van der Waals surface area contributed by atoms with Gasteiger partial charge in [0.05, 0.1) is 23.9 Å². The van der Waals surface area contributed by atoms with Gasteiger partial charge < -0.3 is 10.2 Å². The van der Waals surface area contributed by atoms with Gasteiger partial charge in [-0.05, 0) is 24.9 Å². The number of hydrogen-bond acceptors (Lipinski definition) is 4. The van der Waals surface area contributed by atoms with Crippen LogP contribution in [0, 0.1) is 11.3 Å². The summed E-state index contributed by atoms with van der Waals surface area (Å²) in [5.74, 6) is -0.0516. The van der Waals surface area contributed by atoms with Crippen LogP contribution in [0.15, 0.2) is 30.3 Å². The van der Waals surface area contributed by atoms with Crippen LogP contribution in [-0.2, 0) is 15.0 Å². The molecule has 138 valence electrons. The summed E-state index contributed by atoms with van der Waals surface area (Å²) >= 11 is 0. The second kappa shape index (κ2) is 7.88. The van der Waals surface area contributed by atoms with Crippen LogP contribution in [0.3, 0.4) is 0 Å². The zero-order valence-electron chi connectivity index (χ0n) is 15.3. The number of likely N-dealkylation sites (tertiary alicyclic amines) is 1. The molecule has 2 heterocycles. The highest BCUT2D eigenvalue weighted by atomic mass is 16.2. The van der Waals surface area contributed by atoms with E-state index in [1.165, 1.54) is 0 Å². The number of carbonyl (C=O) groups excluding carboxylic acids is 2. The van der Waals surface area contributed by atoms with Crippen molar-refractivity contribution in [2.45, 2.75) is 37.6 Å². The average Bonchev–Trinajstić information content (AvgIpc) is 2.70. The Hall–Kier alpha value is -2.39. The number of amides is 2. The number of rotatable bonds is 4. The van der Waals surface area contributed by atoms with Gasteiger partial charge in [0.15, 0.2) is 0 Å². The van der Waals surface area contributed by atoms with E-state index in [0.29, 0.717) is 32.5 Å². The Morgan fingerprint density at radius 3 is 2.58 bits per heavy atom. The lowest BCUT2D eigenvalue weighted by Gasteiger charge is -2.39. The van der Waals surface area contributed by atoms with Crippen LogP contribution in [0.1, 0.15) is 31.7 Å². The second-order valence-corrected chi connectivity index (χ2v) is 7.08. The van der Waals surface area contributed by atoms with Gasteiger partial charge in [-0.1, -0.05) is 37.3 Å². The zero-order chi connectivity index (χ0) is 18.6. The predicted molar refractivity (Wildman–Crippen MR) is 98.2 cm³/mol. The number of nitrogens with one attached hydrogen (secondary N) is 1. The summed E-state index contributed by atoms with van der Waals surface area (Å²) in [5.41, 5.74) is 0.508. The summed E-state index contributed by atoms with van der Waals surface area (Å²) in [6.07, 6.45) is 1.48. The fraction of sp³-hybridized carbons (Fsp3) is 0.550. The van der Waals surface area contributed by atoms with Gasteiger partial charge in [0.2, 0.25) is 11.8 Å². The summed E-state index contributed by atoms with van der Waals surface area (Å²) in [6, 6.07) is 11.9. The highest BCUT2D eigenvalue weighted by Crippen LogP contribution is 2.35. The molecule has 2 fully saturated rings. The van der Waals surface area contributed by atoms with Gasteiger partial charge >= 0.3 is 0 Å². The van der Waals surface area contributed by atoms with Crippen LogP contribution in [0.5, 0.6) is 0 Å². The standard InChI is InChI=1S/C20H26N4O2/c1-2-23-13-10-22-19(26)17(23)14-18(25)24-11-8-20(15-21,9-12-24)16-6-4-3-5-7-16/h3-7,17H,2,8-14H2,1H3,(H,22,26). The normalized spacial score (nSPS) is 23.2. The molecule has 1 N–H and O–H groups in total. The first kappa shape index (κ1) is 18.4. The maximum atomic E-state index is 12.7. The summed E-state index contributed by atoms with van der Waals surface area (Å²) in [4.78, 5) is 28.8. The number of carbonyl (C=O) groups is 2. The Kier molecular flexibility index (Phi) is 5.58. The van der Waals surface area contributed by atoms with E-state index in [4.69, 9.17) is 0 Å². The highest BCUT2D eigenvalue weighted by molar-refractivity contribution is 5.88. The quantitative estimate of drug-likeness (QED) is 0.884. The molecule has 1 unspecified atom stereocenters. The SMILES string of the molecule is CCN1CCNC(=O)C1CC(=O)N1CCC(C#N)(c2ccccc2)CC1. The van der Waals surface area contributed by atoms with Crippen LogP contribution in [0.25, 0.3) is 0 Å². The van der Waals surface area contributed by atoms with Crippen LogP contribution >= 0.6 is 0 Å². The first-order valence-electron chi connectivity index (χ1n) is 9.36. The lowest BCUT2D eigenvalue weighted by atomic mass is 9.74. The van der Waals surface area contributed by atoms with E-state index in [1.807, 2.05) is 42.2 Å². The van der Waals surface area contributed by atoms with Crippen molar-refractivity contribution in [2.75, 3.05) is 32.7 Å². The summed E-state index contributed by atoms with van der Waals surface area (Å²) in [6.45, 7) is 5.31. The monoisotopic (exact) mass is 354 g/mol. The highest BCUT2D eigenvalue weighted by Gasteiger charge is 2.39. The molecule has 0 saturated carbocycles. The number of nitrogens with zero attached hydrogens (tertiary/aromatic N) is 3. The average molecular weight is 354 g/mol. The van der Waals surface area contributed by atoms with Gasteiger partial charge in [-0.15, -0.1) is 0 Å². The number of piperidine rings is 1. The van der Waals surface area contributed by atoms with E-state index in [9.17, 15) is 14.9 Å². The molecule has 0 bridgehead atoms. The Balaban J connectivity index is 1.63. The van der Waals surface area contributed by atoms with Crippen molar-refractivity contribution in [3.05, 3.63) is 35.9 Å². The molecule has 2 saturated heterocycles. The van der Waals surface area contributed by atoms with Crippen molar-refractivity contribution >= 4 is 11.8 Å². The van der Waals surface area contributed by atoms with Gasteiger partial charge in [-0.25, -0.2) is 0 Å². The smallest absolute Gasteiger partial charge is 0.237 e. The molecule has 2 aliphatic heterocycles. The molecular weight excluding hydrogens is 328 g/mol. The number of likely N-dealkylation sites (N-methyl/N-ethyl adjacent to an activating group) is 1. The van der Waals surface area contributed by atoms with E-state index in [1.54, 1.807) is 0 Å². The molecule has 6 heteroatoms. The summed E-state index contributed by atoms with van der Waals surface area (Å²) in [7, 11) is 0. The van der Waals surface area contributed by atoms with E-state index in [2.05, 4.69) is 16.3 Å². The Morgan fingerprint density at radius 2 is 1.96 bits per heavy atom. The lowest BCUT2D eigenvalue weighted by molar-refractivity contribution is -0.139. The third kappa shape index (κ3) is 3.58. The fourth-order valence-electron chi connectivity index (χ4n) is 4.02. The molecule has 0 radical (unpaired) electrons. The third-order valence-corrected chi connectivity index (χ3v) is 5.73. The van der Waals surface area contributed by atoms with Crippen molar-refractivity contribution < 1.29 is 9.59 Å². The minimum absolute atomic E-state index is 0.00472. The number of hydrogen-bond donors (Lipinski definition) is 1. The minimum atomic E-state index is -0.518. The van der Waals surface area contributed by atoms with Crippen molar-refractivity contribution in [2.24, 2.45) is 0 Å². The van der Waals surface area contributed by atoms with E-state index in [-0.39, 0.29) is 24.3 Å². The van der Waals surface area contributed by atoms with Gasteiger partial charge in [0.1, 0.15) is 0 Å². The first-order chi connectivity index (χ1) is 12.6. The molecule has 1 atom stereocenters. The predicted octanol–water partition coefficient (Wildman–Crippen LogP) is 1.28. The molecule has 0 aromatic heterocycles. The van der Waals surface area contributed by atoms with Gasteiger partial charge in [-0.2, -0.15) is 5.26 Å². The number of piperazine rings is 1. The molecule has 26 heavy (non-hydrogen) atoms. The van der Waals surface area contributed by atoms with Crippen LogP contribution in [-0.4, -0.2) is 60.4 Å². The fourth-order valence-corrected chi connectivity index (χ4v) is 4.02. The van der Waals surface area contributed by atoms with E-state index in [0.717, 1.165) is 18.7 Å². The molecule has 1 aromatic carbocycles. The van der Waals surface area contributed by atoms with Crippen LogP contribution < -0.4 is 5.32 Å². The minimum Gasteiger partial charge on any atom is -0.353 e. The van der Waals surface area contributed by atoms with Crippen molar-refractivity contribution in [3.63, 3.8) is 0 Å². The molecule has 0 spiro atoms. The molecule has 0 aliphatic carbocycles. The second-order valence-electron chi connectivity index (χ2n) is 7.08. The zero-order valence-corrected chi connectivity index (χ0v) is 15.3. The largest absolute Gasteiger partial charge is 0.353 e. The van der Waals surface area contributed by atoms with Crippen LogP contribution in [0.4, 0.5) is 0 Å². The lowest BCUT2D eigenvalue weighted by Crippen LogP contribution is -2.57. The summed E-state index contributed by atoms with van der Waals surface area (Å²) in [5, 5.41) is 12.6. The van der Waals surface area contributed by atoms with Crippen molar-refractivity contribution in [1.29, 1.82) is 5.26 Å². The molecule has 3 rings (SSSR count). The van der Waals surface area contributed by atoms with Gasteiger partial charge in [0, 0.05) is 26.2 Å². The maximum Gasteiger partial charge on any atom is 0.237 e. The van der Waals surface area contributed by atoms with Crippen LogP contribution in [0.2, 0.25) is 0 Å². The Bertz CT molecular complexity index is 690. The number of benzene rings is 1. The molecular formula is C20H26N4O2. The Labute approximate surface area is 154 Å². The number of nitriles is 1. The maximum absolute atomic E-state index is 12.7. The molecule has 1 aromatic rings. The molecule has 2 aliphatic rings. The van der Waals surface area contributed by atoms with E-state index >= 15 is 0 Å². The first-order valence-corrected chi connectivity index (χ1v) is 9.36. The van der Waals surface area contributed by atoms with Gasteiger partial charge in [0.25, 0.3) is 0 Å².